The largest absolute Gasteiger partial charge is 0.423 e. The standard InChI is InChI=1S/C23H19F5O2/c1-2-3-4-5-14-6-8-15(9-7-14)22(29)30-17-10-11-18-16(12-17)13-19(24)20(21(18)25)23(26,27)28/h6-13H,2-5H2,1H3. The molecule has 158 valence electrons. The van der Waals surface area contributed by atoms with Crippen LogP contribution in [0.15, 0.2) is 48.5 Å². The highest BCUT2D eigenvalue weighted by Gasteiger charge is 2.38. The Kier molecular flexibility index (Phi) is 6.39. The molecule has 0 aliphatic carbocycles. The predicted molar refractivity (Wildman–Crippen MR) is 103 cm³/mol. The number of ether oxygens (including phenoxy) is 1. The first-order chi connectivity index (χ1) is 14.2. The number of hydrogen-bond donors (Lipinski definition) is 0. The zero-order valence-electron chi connectivity index (χ0n) is 16.2. The normalized spacial score (nSPS) is 11.7. The van der Waals surface area contributed by atoms with Gasteiger partial charge >= 0.3 is 12.1 Å². The average Bonchev–Trinajstić information content (AvgIpc) is 2.67. The minimum absolute atomic E-state index is 0.0296. The van der Waals surface area contributed by atoms with E-state index in [1.54, 1.807) is 12.1 Å². The molecule has 0 fully saturated rings. The first-order valence-corrected chi connectivity index (χ1v) is 9.50. The fraction of sp³-hybridized carbons (Fsp3) is 0.261. The number of aryl methyl sites for hydroxylation is 1. The fourth-order valence-electron chi connectivity index (χ4n) is 3.18. The lowest BCUT2D eigenvalue weighted by Crippen LogP contribution is -2.12. The third-order valence-corrected chi connectivity index (χ3v) is 4.75. The number of fused-ring (bicyclic) bond motifs is 1. The van der Waals surface area contributed by atoms with Gasteiger partial charge in [0.1, 0.15) is 22.9 Å². The lowest BCUT2D eigenvalue weighted by atomic mass is 10.0. The van der Waals surface area contributed by atoms with Crippen LogP contribution in [0.1, 0.15) is 47.7 Å². The Morgan fingerprint density at radius 3 is 2.30 bits per heavy atom. The molecule has 0 atom stereocenters. The molecule has 3 aromatic rings. The number of carbonyl (C=O) groups excluding carboxylic acids is 1. The van der Waals surface area contributed by atoms with Gasteiger partial charge < -0.3 is 4.74 Å². The molecule has 0 aromatic heterocycles. The van der Waals surface area contributed by atoms with Crippen molar-refractivity contribution >= 4 is 16.7 Å². The zero-order valence-corrected chi connectivity index (χ0v) is 16.2. The monoisotopic (exact) mass is 422 g/mol. The number of carbonyl (C=O) groups is 1. The molecule has 3 rings (SSSR count). The van der Waals surface area contributed by atoms with Gasteiger partial charge in [0.15, 0.2) is 0 Å². The Labute approximate surface area is 170 Å². The van der Waals surface area contributed by atoms with E-state index >= 15 is 0 Å². The van der Waals surface area contributed by atoms with Crippen molar-refractivity contribution in [2.45, 2.75) is 38.8 Å². The van der Waals surface area contributed by atoms with Gasteiger partial charge in [-0.3, -0.25) is 0 Å². The molecule has 0 saturated heterocycles. The summed E-state index contributed by atoms with van der Waals surface area (Å²) < 4.78 is 71.7. The van der Waals surface area contributed by atoms with Gasteiger partial charge in [0, 0.05) is 5.39 Å². The van der Waals surface area contributed by atoms with Crippen LogP contribution in [0.4, 0.5) is 22.0 Å². The molecule has 0 aliphatic rings. The maximum atomic E-state index is 14.2. The smallest absolute Gasteiger partial charge is 0.422 e. The SMILES string of the molecule is CCCCCc1ccc(C(=O)Oc2ccc3c(F)c(C(F)(F)F)c(F)cc3c2)cc1. The maximum Gasteiger partial charge on any atom is 0.422 e. The molecule has 7 heteroatoms. The number of unbranched alkanes of at least 4 members (excludes halogenated alkanes) is 2. The highest BCUT2D eigenvalue weighted by atomic mass is 19.4. The van der Waals surface area contributed by atoms with E-state index in [0.29, 0.717) is 11.6 Å². The van der Waals surface area contributed by atoms with E-state index in [9.17, 15) is 26.7 Å². The van der Waals surface area contributed by atoms with Crippen LogP contribution < -0.4 is 4.74 Å². The Balaban J connectivity index is 1.80. The van der Waals surface area contributed by atoms with Gasteiger partial charge in [-0.1, -0.05) is 31.9 Å². The Hall–Kier alpha value is -2.96. The van der Waals surface area contributed by atoms with Crippen molar-refractivity contribution < 1.29 is 31.5 Å². The molecule has 0 heterocycles. The highest BCUT2D eigenvalue weighted by Crippen LogP contribution is 2.37. The predicted octanol–water partition coefficient (Wildman–Crippen LogP) is 7.09. The van der Waals surface area contributed by atoms with Crippen LogP contribution in [0.2, 0.25) is 0 Å². The van der Waals surface area contributed by atoms with E-state index in [-0.39, 0.29) is 11.1 Å². The number of halogens is 5. The first-order valence-electron chi connectivity index (χ1n) is 9.50. The van der Waals surface area contributed by atoms with Crippen LogP contribution in [0.25, 0.3) is 10.8 Å². The van der Waals surface area contributed by atoms with E-state index in [4.69, 9.17) is 4.74 Å². The Bertz CT molecular complexity index is 1060. The Morgan fingerprint density at radius 1 is 0.967 bits per heavy atom. The summed E-state index contributed by atoms with van der Waals surface area (Å²) >= 11 is 0. The summed E-state index contributed by atoms with van der Waals surface area (Å²) in [5.41, 5.74) is -0.560. The molecule has 0 N–H and O–H groups in total. The van der Waals surface area contributed by atoms with Crippen molar-refractivity contribution in [2.24, 2.45) is 0 Å². The lowest BCUT2D eigenvalue weighted by molar-refractivity contribution is -0.142. The first kappa shape index (κ1) is 21.7. The molecular formula is C23H19F5O2. The molecule has 30 heavy (non-hydrogen) atoms. The summed E-state index contributed by atoms with van der Waals surface area (Å²) in [5.74, 6) is -4.14. The van der Waals surface area contributed by atoms with E-state index in [2.05, 4.69) is 6.92 Å². The van der Waals surface area contributed by atoms with Crippen LogP contribution in [0, 0.1) is 11.6 Å². The van der Waals surface area contributed by atoms with Gasteiger partial charge in [-0.2, -0.15) is 13.2 Å². The maximum absolute atomic E-state index is 14.2. The minimum atomic E-state index is -5.16. The van der Waals surface area contributed by atoms with Crippen molar-refractivity contribution in [3.8, 4) is 5.75 Å². The molecule has 0 saturated carbocycles. The van der Waals surface area contributed by atoms with Crippen molar-refractivity contribution in [1.82, 2.24) is 0 Å². The van der Waals surface area contributed by atoms with Crippen molar-refractivity contribution in [3.05, 3.63) is 76.9 Å². The number of benzene rings is 3. The second-order valence-electron chi connectivity index (χ2n) is 6.97. The van der Waals surface area contributed by atoms with Crippen LogP contribution >= 0.6 is 0 Å². The van der Waals surface area contributed by atoms with E-state index in [0.717, 1.165) is 43.4 Å². The van der Waals surface area contributed by atoms with Gasteiger partial charge in [0.05, 0.1) is 5.56 Å². The lowest BCUT2D eigenvalue weighted by Gasteiger charge is -2.12. The van der Waals surface area contributed by atoms with Crippen molar-refractivity contribution in [3.63, 3.8) is 0 Å². The van der Waals surface area contributed by atoms with E-state index in [1.165, 1.54) is 6.07 Å². The molecule has 3 aromatic carbocycles. The molecule has 0 bridgehead atoms. The topological polar surface area (TPSA) is 26.3 Å². The van der Waals surface area contributed by atoms with Gasteiger partial charge in [-0.25, -0.2) is 13.6 Å². The molecule has 0 spiro atoms. The number of hydrogen-bond acceptors (Lipinski definition) is 2. The van der Waals surface area contributed by atoms with Crippen molar-refractivity contribution in [1.29, 1.82) is 0 Å². The van der Waals surface area contributed by atoms with Crippen LogP contribution in [-0.2, 0) is 12.6 Å². The summed E-state index contributed by atoms with van der Waals surface area (Å²) in [6.07, 6.45) is -0.958. The summed E-state index contributed by atoms with van der Waals surface area (Å²) in [6.45, 7) is 2.11. The molecular weight excluding hydrogens is 403 g/mol. The number of alkyl halides is 3. The number of rotatable bonds is 6. The quantitative estimate of drug-likeness (QED) is 0.183. The third-order valence-electron chi connectivity index (χ3n) is 4.75. The van der Waals surface area contributed by atoms with E-state index < -0.39 is 34.7 Å². The van der Waals surface area contributed by atoms with Gasteiger partial charge in [-0.15, -0.1) is 0 Å². The fourth-order valence-corrected chi connectivity index (χ4v) is 3.18. The van der Waals surface area contributed by atoms with Crippen LogP contribution in [0.5, 0.6) is 5.75 Å². The zero-order chi connectivity index (χ0) is 21.9. The number of esters is 1. The highest BCUT2D eigenvalue weighted by molar-refractivity contribution is 5.92. The van der Waals surface area contributed by atoms with Gasteiger partial charge in [0.25, 0.3) is 0 Å². The summed E-state index contributed by atoms with van der Waals surface area (Å²) in [6, 6.07) is 10.8. The van der Waals surface area contributed by atoms with Crippen molar-refractivity contribution in [2.75, 3.05) is 0 Å². The second kappa shape index (κ2) is 8.81. The molecule has 0 amide bonds. The molecule has 0 radical (unpaired) electrons. The minimum Gasteiger partial charge on any atom is -0.423 e. The second-order valence-corrected chi connectivity index (χ2v) is 6.97. The molecule has 0 unspecified atom stereocenters. The summed E-state index contributed by atoms with van der Waals surface area (Å²) in [4.78, 5) is 12.3. The summed E-state index contributed by atoms with van der Waals surface area (Å²) in [5, 5.41) is -0.561. The Morgan fingerprint density at radius 2 is 1.67 bits per heavy atom. The average molecular weight is 422 g/mol. The van der Waals surface area contributed by atoms with Crippen LogP contribution in [-0.4, -0.2) is 5.97 Å². The molecule has 0 aliphatic heterocycles. The molecule has 2 nitrogen and oxygen atoms in total. The van der Waals surface area contributed by atoms with Gasteiger partial charge in [-0.05, 0) is 60.2 Å². The summed E-state index contributed by atoms with van der Waals surface area (Å²) in [7, 11) is 0. The van der Waals surface area contributed by atoms with Gasteiger partial charge in [0.2, 0.25) is 0 Å². The van der Waals surface area contributed by atoms with E-state index in [1.807, 2.05) is 12.1 Å². The van der Waals surface area contributed by atoms with Crippen LogP contribution in [0.3, 0.4) is 0 Å². The third kappa shape index (κ3) is 4.78.